The molecular weight excluding hydrogens is 358 g/mol. The monoisotopic (exact) mass is 383 g/mol. The number of fused-ring (bicyclic) bond motifs is 1. The molecule has 2 N–H and O–H groups in total. The Morgan fingerprint density at radius 2 is 2.22 bits per heavy atom. The van der Waals surface area contributed by atoms with Crippen LogP contribution in [0.25, 0.3) is 0 Å². The fraction of sp³-hybridized carbons (Fsp3) is 0.429. The first-order chi connectivity index (χ1) is 13.1. The Morgan fingerprint density at radius 1 is 1.37 bits per heavy atom. The molecule has 1 amide bonds. The van der Waals surface area contributed by atoms with Gasteiger partial charge in [-0.25, -0.2) is 4.98 Å². The number of rotatable bonds is 6. The average Bonchev–Trinajstić information content (AvgIpc) is 3.13. The van der Waals surface area contributed by atoms with Crippen molar-refractivity contribution in [2.45, 2.75) is 37.0 Å². The highest BCUT2D eigenvalue weighted by Crippen LogP contribution is 2.41. The molecule has 6 heteroatoms. The molecule has 4 rings (SSSR count). The molecule has 0 bridgehead atoms. The van der Waals surface area contributed by atoms with Gasteiger partial charge in [0.1, 0.15) is 5.82 Å². The van der Waals surface area contributed by atoms with Crippen LogP contribution in [0.4, 0.5) is 11.5 Å². The van der Waals surface area contributed by atoms with Crippen LogP contribution in [0.2, 0.25) is 0 Å². The van der Waals surface area contributed by atoms with Gasteiger partial charge in [0.15, 0.2) is 0 Å². The number of para-hydroxylation sites is 1. The summed E-state index contributed by atoms with van der Waals surface area (Å²) in [4.78, 5) is 19.0. The zero-order valence-electron chi connectivity index (χ0n) is 15.5. The van der Waals surface area contributed by atoms with Crippen molar-refractivity contribution in [2.75, 3.05) is 29.1 Å². The van der Waals surface area contributed by atoms with Crippen LogP contribution in [-0.4, -0.2) is 45.7 Å². The summed E-state index contributed by atoms with van der Waals surface area (Å²) >= 11 is 1.81. The molecule has 1 aromatic heterocycles. The largest absolute Gasteiger partial charge is 0.387 e. The third kappa shape index (κ3) is 3.56. The fourth-order valence-corrected chi connectivity index (χ4v) is 5.01. The SMILES string of the molecule is CCSC1CCC1(O)CNc1ccc(C(=O)N2CCc3ccccc32)cn1. The zero-order chi connectivity index (χ0) is 18.9. The molecule has 0 saturated heterocycles. The first-order valence-corrected chi connectivity index (χ1v) is 10.6. The third-order valence-electron chi connectivity index (χ3n) is 5.52. The summed E-state index contributed by atoms with van der Waals surface area (Å²) in [5.74, 6) is 1.69. The molecule has 1 aliphatic carbocycles. The van der Waals surface area contributed by atoms with E-state index in [-0.39, 0.29) is 5.91 Å². The summed E-state index contributed by atoms with van der Waals surface area (Å²) < 4.78 is 0. The smallest absolute Gasteiger partial charge is 0.259 e. The van der Waals surface area contributed by atoms with E-state index in [0.29, 0.717) is 29.7 Å². The van der Waals surface area contributed by atoms with Crippen molar-refractivity contribution < 1.29 is 9.90 Å². The summed E-state index contributed by atoms with van der Waals surface area (Å²) in [5.41, 5.74) is 2.14. The first-order valence-electron chi connectivity index (χ1n) is 9.54. The van der Waals surface area contributed by atoms with Gasteiger partial charge in [0.05, 0.1) is 11.2 Å². The lowest BCUT2D eigenvalue weighted by Gasteiger charge is -2.45. The summed E-state index contributed by atoms with van der Waals surface area (Å²) in [6.07, 6.45) is 4.40. The molecular formula is C21H25N3O2S. The van der Waals surface area contributed by atoms with Crippen molar-refractivity contribution in [3.05, 3.63) is 53.7 Å². The Bertz CT molecular complexity index is 826. The average molecular weight is 384 g/mol. The second-order valence-corrected chi connectivity index (χ2v) is 8.69. The summed E-state index contributed by atoms with van der Waals surface area (Å²) in [6.45, 7) is 3.32. The summed E-state index contributed by atoms with van der Waals surface area (Å²) in [5, 5.41) is 14.2. The Balaban J connectivity index is 1.39. The highest BCUT2D eigenvalue weighted by molar-refractivity contribution is 8.00. The van der Waals surface area contributed by atoms with Crippen LogP contribution in [0.5, 0.6) is 0 Å². The number of aliphatic hydroxyl groups is 1. The number of carbonyl (C=O) groups is 1. The maximum absolute atomic E-state index is 12.8. The van der Waals surface area contributed by atoms with Gasteiger partial charge in [-0.15, -0.1) is 0 Å². The van der Waals surface area contributed by atoms with E-state index in [1.807, 2.05) is 47.0 Å². The molecule has 5 nitrogen and oxygen atoms in total. The molecule has 27 heavy (non-hydrogen) atoms. The second-order valence-electron chi connectivity index (χ2n) is 7.21. The molecule has 0 radical (unpaired) electrons. The molecule has 2 aromatic rings. The number of pyridine rings is 1. The van der Waals surface area contributed by atoms with E-state index < -0.39 is 5.60 Å². The first kappa shape index (κ1) is 18.3. The van der Waals surface area contributed by atoms with Gasteiger partial charge in [-0.2, -0.15) is 11.8 Å². The minimum absolute atomic E-state index is 0.0176. The van der Waals surface area contributed by atoms with E-state index in [2.05, 4.69) is 23.3 Å². The number of nitrogens with one attached hydrogen (secondary N) is 1. The Morgan fingerprint density at radius 3 is 2.93 bits per heavy atom. The van der Waals surface area contributed by atoms with E-state index in [0.717, 1.165) is 30.7 Å². The molecule has 142 valence electrons. The lowest BCUT2D eigenvalue weighted by molar-refractivity contribution is -0.0120. The topological polar surface area (TPSA) is 65.5 Å². The predicted molar refractivity (Wildman–Crippen MR) is 111 cm³/mol. The van der Waals surface area contributed by atoms with Gasteiger partial charge in [0.25, 0.3) is 5.91 Å². The van der Waals surface area contributed by atoms with Crippen molar-refractivity contribution in [3.63, 3.8) is 0 Å². The number of amides is 1. The second kappa shape index (κ2) is 7.52. The van der Waals surface area contributed by atoms with Crippen molar-refractivity contribution >= 4 is 29.2 Å². The van der Waals surface area contributed by atoms with Crippen LogP contribution in [0.1, 0.15) is 35.7 Å². The van der Waals surface area contributed by atoms with Crippen molar-refractivity contribution in [1.82, 2.24) is 4.98 Å². The number of aromatic nitrogens is 1. The van der Waals surface area contributed by atoms with Gasteiger partial charge in [-0.1, -0.05) is 25.1 Å². The maximum Gasteiger partial charge on any atom is 0.259 e. The van der Waals surface area contributed by atoms with E-state index in [1.165, 1.54) is 5.56 Å². The Hall–Kier alpha value is -2.05. The van der Waals surface area contributed by atoms with Crippen LogP contribution in [0, 0.1) is 0 Å². The number of thioether (sulfide) groups is 1. The zero-order valence-corrected chi connectivity index (χ0v) is 16.3. The van der Waals surface area contributed by atoms with Crippen molar-refractivity contribution in [2.24, 2.45) is 0 Å². The predicted octanol–water partition coefficient (Wildman–Crippen LogP) is 3.34. The van der Waals surface area contributed by atoms with E-state index in [4.69, 9.17) is 0 Å². The van der Waals surface area contributed by atoms with Crippen LogP contribution in [-0.2, 0) is 6.42 Å². The van der Waals surface area contributed by atoms with Gasteiger partial charge in [0, 0.05) is 30.2 Å². The Labute approximate surface area is 164 Å². The Kier molecular flexibility index (Phi) is 5.10. The lowest BCUT2D eigenvalue weighted by atomic mass is 9.79. The lowest BCUT2D eigenvalue weighted by Crippen LogP contribution is -2.54. The number of hydrogen-bond donors (Lipinski definition) is 2. The minimum Gasteiger partial charge on any atom is -0.387 e. The van der Waals surface area contributed by atoms with Gasteiger partial charge in [-0.3, -0.25) is 4.79 Å². The van der Waals surface area contributed by atoms with Gasteiger partial charge in [-0.05, 0) is 48.8 Å². The van der Waals surface area contributed by atoms with Crippen LogP contribution in [0.15, 0.2) is 42.6 Å². The minimum atomic E-state index is -0.657. The summed E-state index contributed by atoms with van der Waals surface area (Å²) in [6, 6.07) is 11.7. The molecule has 1 aromatic carbocycles. The maximum atomic E-state index is 12.8. The summed E-state index contributed by atoms with van der Waals surface area (Å²) in [7, 11) is 0. The quantitative estimate of drug-likeness (QED) is 0.801. The number of benzene rings is 1. The molecule has 2 aliphatic rings. The van der Waals surface area contributed by atoms with Gasteiger partial charge in [0.2, 0.25) is 0 Å². The number of hydrogen-bond acceptors (Lipinski definition) is 5. The molecule has 2 unspecified atom stereocenters. The van der Waals surface area contributed by atoms with Crippen LogP contribution < -0.4 is 10.2 Å². The highest BCUT2D eigenvalue weighted by Gasteiger charge is 2.45. The van der Waals surface area contributed by atoms with E-state index in [1.54, 1.807) is 6.20 Å². The molecule has 1 fully saturated rings. The highest BCUT2D eigenvalue weighted by atomic mass is 32.2. The number of carbonyl (C=O) groups excluding carboxylic acids is 1. The molecule has 1 saturated carbocycles. The standard InChI is InChI=1S/C21H25N3O2S/c1-2-27-18-9-11-21(18,26)14-23-19-8-7-16(13-22-19)20(25)24-12-10-15-5-3-4-6-17(15)24/h3-8,13,18,26H,2,9-12,14H2,1H3,(H,22,23). The molecule has 1 aliphatic heterocycles. The molecule has 2 heterocycles. The van der Waals surface area contributed by atoms with Crippen molar-refractivity contribution in [3.8, 4) is 0 Å². The van der Waals surface area contributed by atoms with E-state index >= 15 is 0 Å². The van der Waals surface area contributed by atoms with E-state index in [9.17, 15) is 9.90 Å². The molecule has 2 atom stereocenters. The molecule has 0 spiro atoms. The van der Waals surface area contributed by atoms with Crippen molar-refractivity contribution in [1.29, 1.82) is 0 Å². The normalized spacial score (nSPS) is 23.6. The van der Waals surface area contributed by atoms with Crippen LogP contribution in [0.3, 0.4) is 0 Å². The third-order valence-corrected chi connectivity index (χ3v) is 6.94. The van der Waals surface area contributed by atoms with Crippen LogP contribution >= 0.6 is 11.8 Å². The van der Waals surface area contributed by atoms with Gasteiger partial charge < -0.3 is 15.3 Å². The number of anilines is 2. The fourth-order valence-electron chi connectivity index (χ4n) is 3.81. The number of nitrogens with zero attached hydrogens (tertiary/aromatic N) is 2. The van der Waals surface area contributed by atoms with Gasteiger partial charge >= 0.3 is 0 Å².